The third-order valence-corrected chi connectivity index (χ3v) is 5.94. The molecule has 8 nitrogen and oxygen atoms in total. The van der Waals surface area contributed by atoms with Crippen LogP contribution in [0.25, 0.3) is 11.0 Å². The number of carbonyl (C=O) groups excluding carboxylic acids is 3. The number of para-hydroxylation sites is 3. The summed E-state index contributed by atoms with van der Waals surface area (Å²) in [4.78, 5) is 45.8. The number of fused-ring (bicyclic) bond motifs is 2. The minimum atomic E-state index is -0.783. The van der Waals surface area contributed by atoms with Gasteiger partial charge in [0.1, 0.15) is 11.9 Å². The fraction of sp³-hybridized carbons (Fsp3) is 0.333. The molecule has 1 unspecified atom stereocenters. The number of carbonyl (C=O) groups is 3. The van der Waals surface area contributed by atoms with Gasteiger partial charge in [0.15, 0.2) is 0 Å². The maximum atomic E-state index is 12.8. The Kier molecular flexibility index (Phi) is 6.20. The van der Waals surface area contributed by atoms with Crippen molar-refractivity contribution < 1.29 is 14.4 Å². The number of aromatic amines is 1. The molecule has 3 amide bonds. The fourth-order valence-corrected chi connectivity index (χ4v) is 3.87. The molecule has 0 spiro atoms. The standard InChI is InChI=1S/C24H27N5O3/c1-3-14(2)21(22-25-17-10-6-7-11-18(17)26-22)29-20(30)13-12-19-24(32)27-16-9-5-4-8-15(16)23(31)28-19/h4-11,14,19,21H,3,12-13H2,1-2H3,(H,25,26)(H,27,32)(H,28,31)(H,29,30)/t14-,19?,21-/m0/s1. The van der Waals surface area contributed by atoms with Crippen molar-refractivity contribution in [1.29, 1.82) is 0 Å². The third kappa shape index (κ3) is 4.49. The van der Waals surface area contributed by atoms with E-state index in [9.17, 15) is 14.4 Å². The van der Waals surface area contributed by atoms with Crippen LogP contribution < -0.4 is 16.0 Å². The predicted octanol–water partition coefficient (Wildman–Crippen LogP) is 3.30. The van der Waals surface area contributed by atoms with Crippen LogP contribution in [0, 0.1) is 5.92 Å². The minimum absolute atomic E-state index is 0.0991. The van der Waals surface area contributed by atoms with Crippen molar-refractivity contribution in [1.82, 2.24) is 20.6 Å². The van der Waals surface area contributed by atoms with Gasteiger partial charge in [-0.25, -0.2) is 4.98 Å². The van der Waals surface area contributed by atoms with E-state index < -0.39 is 6.04 Å². The normalized spacial score (nSPS) is 17.6. The molecule has 0 saturated carbocycles. The highest BCUT2D eigenvalue weighted by atomic mass is 16.2. The molecule has 0 radical (unpaired) electrons. The second kappa shape index (κ2) is 9.21. The molecule has 0 saturated heterocycles. The summed E-state index contributed by atoms with van der Waals surface area (Å²) in [7, 11) is 0. The lowest BCUT2D eigenvalue weighted by Gasteiger charge is -2.23. The van der Waals surface area contributed by atoms with E-state index in [2.05, 4.69) is 39.8 Å². The zero-order valence-electron chi connectivity index (χ0n) is 18.1. The topological polar surface area (TPSA) is 116 Å². The number of nitrogens with zero attached hydrogens (tertiary/aromatic N) is 1. The summed E-state index contributed by atoms with van der Waals surface area (Å²) in [5.74, 6) is 0.0234. The molecule has 0 bridgehead atoms. The first-order valence-corrected chi connectivity index (χ1v) is 10.9. The molecule has 0 aliphatic carbocycles. The second-order valence-electron chi connectivity index (χ2n) is 8.17. The summed E-state index contributed by atoms with van der Waals surface area (Å²) < 4.78 is 0. The molecule has 0 fully saturated rings. The molecular weight excluding hydrogens is 406 g/mol. The average Bonchev–Trinajstić information content (AvgIpc) is 3.18. The lowest BCUT2D eigenvalue weighted by Crippen LogP contribution is -2.42. The van der Waals surface area contributed by atoms with Gasteiger partial charge in [-0.05, 0) is 36.6 Å². The highest BCUT2D eigenvalue weighted by Crippen LogP contribution is 2.25. The van der Waals surface area contributed by atoms with E-state index in [0.717, 1.165) is 17.5 Å². The number of H-pyrrole nitrogens is 1. The van der Waals surface area contributed by atoms with Crippen LogP contribution in [0.1, 0.15) is 55.3 Å². The van der Waals surface area contributed by atoms with Gasteiger partial charge < -0.3 is 20.9 Å². The van der Waals surface area contributed by atoms with Gasteiger partial charge in [0.25, 0.3) is 5.91 Å². The first-order valence-electron chi connectivity index (χ1n) is 10.9. The smallest absolute Gasteiger partial charge is 0.254 e. The highest BCUT2D eigenvalue weighted by Gasteiger charge is 2.29. The Labute approximate surface area is 186 Å². The molecule has 3 aromatic rings. The van der Waals surface area contributed by atoms with Crippen molar-refractivity contribution in [3.8, 4) is 0 Å². The van der Waals surface area contributed by atoms with Gasteiger partial charge in [-0.3, -0.25) is 14.4 Å². The van der Waals surface area contributed by atoms with Gasteiger partial charge >= 0.3 is 0 Å². The van der Waals surface area contributed by atoms with Gasteiger partial charge in [0, 0.05) is 6.42 Å². The second-order valence-corrected chi connectivity index (χ2v) is 8.17. The first kappa shape index (κ1) is 21.5. The van der Waals surface area contributed by atoms with Gasteiger partial charge in [0.05, 0.1) is 28.3 Å². The molecule has 4 N–H and O–H groups in total. The zero-order chi connectivity index (χ0) is 22.7. The number of nitrogens with one attached hydrogen (secondary N) is 4. The maximum absolute atomic E-state index is 12.8. The van der Waals surface area contributed by atoms with Crippen LogP contribution in [-0.4, -0.2) is 33.7 Å². The van der Waals surface area contributed by atoms with Crippen LogP contribution in [-0.2, 0) is 9.59 Å². The molecule has 4 rings (SSSR count). The third-order valence-electron chi connectivity index (χ3n) is 5.94. The summed E-state index contributed by atoms with van der Waals surface area (Å²) in [5.41, 5.74) is 2.66. The molecule has 3 atom stereocenters. The number of hydrogen-bond donors (Lipinski definition) is 4. The van der Waals surface area contributed by atoms with Crippen molar-refractivity contribution in [3.63, 3.8) is 0 Å². The summed E-state index contributed by atoms with van der Waals surface area (Å²) >= 11 is 0. The van der Waals surface area contributed by atoms with Crippen LogP contribution in [0.2, 0.25) is 0 Å². The molecule has 1 aliphatic rings. The van der Waals surface area contributed by atoms with Crippen molar-refractivity contribution in [2.75, 3.05) is 5.32 Å². The monoisotopic (exact) mass is 433 g/mol. The van der Waals surface area contributed by atoms with Gasteiger partial charge in [0.2, 0.25) is 11.8 Å². The Morgan fingerprint density at radius 3 is 2.66 bits per heavy atom. The van der Waals surface area contributed by atoms with Gasteiger partial charge in [-0.1, -0.05) is 44.5 Å². The van der Waals surface area contributed by atoms with Crippen LogP contribution in [0.5, 0.6) is 0 Å². The largest absolute Gasteiger partial charge is 0.346 e. The highest BCUT2D eigenvalue weighted by molar-refractivity contribution is 6.09. The number of benzene rings is 2. The van der Waals surface area contributed by atoms with Crippen LogP contribution >= 0.6 is 0 Å². The van der Waals surface area contributed by atoms with E-state index >= 15 is 0 Å². The molecule has 1 aromatic heterocycles. The van der Waals surface area contributed by atoms with E-state index in [1.807, 2.05) is 24.3 Å². The number of imidazole rings is 1. The lowest BCUT2D eigenvalue weighted by atomic mass is 9.98. The van der Waals surface area contributed by atoms with E-state index in [1.165, 1.54) is 0 Å². The fourth-order valence-electron chi connectivity index (χ4n) is 3.87. The number of hydrogen-bond acceptors (Lipinski definition) is 4. The molecule has 32 heavy (non-hydrogen) atoms. The summed E-state index contributed by atoms with van der Waals surface area (Å²) in [6.07, 6.45) is 1.16. The van der Waals surface area contributed by atoms with Crippen molar-refractivity contribution in [2.24, 2.45) is 5.92 Å². The van der Waals surface area contributed by atoms with E-state index in [1.54, 1.807) is 24.3 Å². The molecule has 166 valence electrons. The maximum Gasteiger partial charge on any atom is 0.254 e. The van der Waals surface area contributed by atoms with E-state index in [-0.39, 0.29) is 42.5 Å². The van der Waals surface area contributed by atoms with Crippen LogP contribution in [0.15, 0.2) is 48.5 Å². The Bertz CT molecular complexity index is 1120. The first-order chi connectivity index (χ1) is 15.5. The lowest BCUT2D eigenvalue weighted by molar-refractivity contribution is -0.123. The number of rotatable bonds is 7. The van der Waals surface area contributed by atoms with E-state index in [0.29, 0.717) is 17.1 Å². The molecule has 2 aromatic carbocycles. The molecule has 1 aliphatic heterocycles. The predicted molar refractivity (Wildman–Crippen MR) is 122 cm³/mol. The van der Waals surface area contributed by atoms with Gasteiger partial charge in [-0.15, -0.1) is 0 Å². The quantitative estimate of drug-likeness (QED) is 0.457. The van der Waals surface area contributed by atoms with Crippen molar-refractivity contribution >= 4 is 34.4 Å². The van der Waals surface area contributed by atoms with E-state index in [4.69, 9.17) is 0 Å². The minimum Gasteiger partial charge on any atom is -0.346 e. The Balaban J connectivity index is 1.42. The summed E-state index contributed by atoms with van der Waals surface area (Å²) in [6, 6.07) is 13.5. The Morgan fingerprint density at radius 2 is 1.88 bits per heavy atom. The Hall–Kier alpha value is -3.68. The van der Waals surface area contributed by atoms with Crippen LogP contribution in [0.4, 0.5) is 5.69 Å². The number of amides is 3. The Morgan fingerprint density at radius 1 is 1.12 bits per heavy atom. The number of aromatic nitrogens is 2. The zero-order valence-corrected chi connectivity index (χ0v) is 18.1. The summed E-state index contributed by atoms with van der Waals surface area (Å²) in [5, 5.41) is 8.56. The molecular formula is C24H27N5O3. The van der Waals surface area contributed by atoms with Crippen LogP contribution in [0.3, 0.4) is 0 Å². The molecule has 2 heterocycles. The SMILES string of the molecule is CC[C@H](C)[C@H](NC(=O)CCC1NC(=O)c2ccccc2NC1=O)c1nc2ccccc2[nH]1. The average molecular weight is 434 g/mol. The van der Waals surface area contributed by atoms with Crippen molar-refractivity contribution in [2.45, 2.75) is 45.2 Å². The van der Waals surface area contributed by atoms with Gasteiger partial charge in [-0.2, -0.15) is 0 Å². The van der Waals surface area contributed by atoms with Crippen molar-refractivity contribution in [3.05, 3.63) is 59.9 Å². The summed E-state index contributed by atoms with van der Waals surface area (Å²) in [6.45, 7) is 4.13. The molecule has 8 heteroatoms. The number of anilines is 1.